The highest BCUT2D eigenvalue weighted by Crippen LogP contribution is 2.41. The number of fused-ring (bicyclic) bond motifs is 5. The average molecular weight is 561 g/mol. The van der Waals surface area contributed by atoms with E-state index < -0.39 is 12.1 Å². The number of hydrogen-bond donors (Lipinski definition) is 0. The fourth-order valence-corrected chi connectivity index (χ4v) is 5.61. The van der Waals surface area contributed by atoms with Gasteiger partial charge in [0.2, 0.25) is 0 Å². The molecule has 1 unspecified atom stereocenters. The third kappa shape index (κ3) is 4.86. The lowest BCUT2D eigenvalue weighted by Crippen LogP contribution is -2.21. The smallest absolute Gasteiger partial charge is 0.368 e. The van der Waals surface area contributed by atoms with Gasteiger partial charge in [0.25, 0.3) is 0 Å². The van der Waals surface area contributed by atoms with Crippen LogP contribution >= 0.6 is 0 Å². The third-order valence-electron chi connectivity index (χ3n) is 7.59. The van der Waals surface area contributed by atoms with Crippen molar-refractivity contribution in [1.82, 2.24) is 4.57 Å². The summed E-state index contributed by atoms with van der Waals surface area (Å²) < 4.78 is 14.3. The van der Waals surface area contributed by atoms with Gasteiger partial charge in [-0.25, -0.2) is 4.79 Å². The summed E-state index contributed by atoms with van der Waals surface area (Å²) in [6.07, 6.45) is -1.08. The number of ether oxygens (including phenoxy) is 2. The van der Waals surface area contributed by atoms with Gasteiger partial charge >= 0.3 is 5.97 Å². The van der Waals surface area contributed by atoms with E-state index >= 15 is 0 Å². The van der Waals surface area contributed by atoms with E-state index in [9.17, 15) is 9.59 Å². The van der Waals surface area contributed by atoms with E-state index in [-0.39, 0.29) is 18.5 Å². The van der Waals surface area contributed by atoms with E-state index in [1.165, 1.54) is 0 Å². The highest BCUT2D eigenvalue weighted by Gasteiger charge is 2.29. The lowest BCUT2D eigenvalue weighted by Gasteiger charge is -2.17. The summed E-state index contributed by atoms with van der Waals surface area (Å²) in [5, 5.41) is 6.06. The Hall–Kier alpha value is -4.75. The van der Waals surface area contributed by atoms with Crippen LogP contribution in [0.15, 0.2) is 90.1 Å². The van der Waals surface area contributed by atoms with Crippen LogP contribution in [-0.2, 0) is 20.9 Å². The summed E-state index contributed by atoms with van der Waals surface area (Å²) in [5.74, 6) is 0.0450. The molecule has 0 fully saturated rings. The molecule has 212 valence electrons. The number of oxime groups is 1. The van der Waals surface area contributed by atoms with Gasteiger partial charge in [-0.2, -0.15) is 0 Å². The molecule has 0 aliphatic carbocycles. The fraction of sp³-hybridized carbons (Fsp3) is 0.229. The van der Waals surface area contributed by atoms with E-state index in [1.54, 1.807) is 0 Å². The van der Waals surface area contributed by atoms with E-state index in [0.29, 0.717) is 28.2 Å². The largest absolute Gasteiger partial charge is 0.486 e. The van der Waals surface area contributed by atoms with Gasteiger partial charge < -0.3 is 18.9 Å². The molecule has 42 heavy (non-hydrogen) atoms. The zero-order valence-electron chi connectivity index (χ0n) is 24.1. The molecule has 0 bridgehead atoms. The number of aryl methyl sites for hydroxylation is 2. The van der Waals surface area contributed by atoms with Crippen molar-refractivity contribution >= 4 is 39.3 Å². The van der Waals surface area contributed by atoms with Gasteiger partial charge in [0.15, 0.2) is 11.9 Å². The predicted octanol–water partition coefficient (Wildman–Crippen LogP) is 7.16. The van der Waals surface area contributed by atoms with Crippen LogP contribution in [0, 0.1) is 6.92 Å². The number of nitrogens with zero attached hydrogens (tertiary/aromatic N) is 2. The molecule has 0 saturated heterocycles. The molecule has 1 aliphatic rings. The highest BCUT2D eigenvalue weighted by molar-refractivity contribution is 6.20. The normalized spacial score (nSPS) is 14.4. The Morgan fingerprint density at radius 1 is 0.952 bits per heavy atom. The Morgan fingerprint density at radius 2 is 1.69 bits per heavy atom. The highest BCUT2D eigenvalue weighted by atomic mass is 16.7. The number of carbonyl (C=O) groups excluding carboxylic acids is 2. The van der Waals surface area contributed by atoms with Crippen molar-refractivity contribution in [2.75, 3.05) is 6.61 Å². The SMILES string of the molecule is CCn1c2ccc(C(=O)c3ccccc3C)cc2c2c3c(ccc21)/C(=N/OC(=O)C(OC(C)C)c1ccccc1)CO3. The van der Waals surface area contributed by atoms with Crippen molar-refractivity contribution in [3.63, 3.8) is 0 Å². The number of ketones is 1. The first-order valence-electron chi connectivity index (χ1n) is 14.2. The van der Waals surface area contributed by atoms with Crippen molar-refractivity contribution in [3.05, 3.63) is 113 Å². The molecule has 0 spiro atoms. The molecule has 0 radical (unpaired) electrons. The van der Waals surface area contributed by atoms with Crippen molar-refractivity contribution in [3.8, 4) is 5.75 Å². The Kier molecular flexibility index (Phi) is 7.35. The van der Waals surface area contributed by atoms with Crippen LogP contribution in [0.3, 0.4) is 0 Å². The van der Waals surface area contributed by atoms with Crippen LogP contribution in [0.25, 0.3) is 21.8 Å². The molecular formula is C35H32N2O5. The Labute approximate surface area is 244 Å². The second-order valence-electron chi connectivity index (χ2n) is 10.7. The topological polar surface area (TPSA) is 79.1 Å². The molecule has 1 atom stereocenters. The van der Waals surface area contributed by atoms with Crippen LogP contribution in [0.4, 0.5) is 0 Å². The number of benzene rings is 4. The van der Waals surface area contributed by atoms with Gasteiger partial charge in [-0.05, 0) is 69.2 Å². The molecule has 7 nitrogen and oxygen atoms in total. The number of hydrogen-bond acceptors (Lipinski definition) is 6. The van der Waals surface area contributed by atoms with E-state index in [2.05, 4.69) is 16.6 Å². The van der Waals surface area contributed by atoms with Gasteiger partial charge in [0.05, 0.1) is 17.0 Å². The standard InChI is InChI=1S/C35H32N2O5/c1-5-37-29-17-15-24(32(38)25-14-10-9-11-22(25)4)19-27(29)31-30(37)18-16-26-28(20-40-34(26)31)36-42-35(39)33(41-21(2)3)23-12-7-6-8-13-23/h6-19,21,33H,5,20H2,1-4H3/b36-28+. The number of rotatable bonds is 8. The van der Waals surface area contributed by atoms with Gasteiger partial charge in [0.1, 0.15) is 18.1 Å². The number of carbonyl (C=O) groups is 2. The minimum Gasteiger partial charge on any atom is -0.486 e. The average Bonchev–Trinajstić information content (AvgIpc) is 3.56. The molecule has 5 aromatic rings. The third-order valence-corrected chi connectivity index (χ3v) is 7.59. The van der Waals surface area contributed by atoms with E-state index in [4.69, 9.17) is 14.3 Å². The lowest BCUT2D eigenvalue weighted by atomic mass is 9.97. The zero-order valence-corrected chi connectivity index (χ0v) is 24.1. The molecule has 1 aromatic heterocycles. The first-order chi connectivity index (χ1) is 20.4. The molecule has 1 aliphatic heterocycles. The summed E-state index contributed by atoms with van der Waals surface area (Å²) in [6, 6.07) is 26.7. The molecule has 2 heterocycles. The molecule has 0 N–H and O–H groups in total. The van der Waals surface area contributed by atoms with Gasteiger partial charge in [-0.1, -0.05) is 59.8 Å². The zero-order chi connectivity index (χ0) is 29.4. The van der Waals surface area contributed by atoms with Crippen molar-refractivity contribution in [2.24, 2.45) is 5.16 Å². The molecule has 6 rings (SSSR count). The van der Waals surface area contributed by atoms with E-state index in [1.807, 2.05) is 106 Å². The van der Waals surface area contributed by atoms with Crippen LogP contribution < -0.4 is 4.74 Å². The molecular weight excluding hydrogens is 528 g/mol. The van der Waals surface area contributed by atoms with Crippen LogP contribution in [0.1, 0.15) is 59.5 Å². The summed E-state index contributed by atoms with van der Waals surface area (Å²) in [4.78, 5) is 32.0. The molecule has 4 aromatic carbocycles. The van der Waals surface area contributed by atoms with Crippen LogP contribution in [0.2, 0.25) is 0 Å². The van der Waals surface area contributed by atoms with Gasteiger partial charge in [-0.3, -0.25) is 4.79 Å². The number of aromatic nitrogens is 1. The quantitative estimate of drug-likeness (QED) is 0.114. The fourth-order valence-electron chi connectivity index (χ4n) is 5.61. The Bertz CT molecular complexity index is 1850. The molecule has 0 amide bonds. The maximum Gasteiger partial charge on any atom is 0.368 e. The molecule has 7 heteroatoms. The summed E-state index contributed by atoms with van der Waals surface area (Å²) in [7, 11) is 0. The van der Waals surface area contributed by atoms with Crippen molar-refractivity contribution in [1.29, 1.82) is 0 Å². The van der Waals surface area contributed by atoms with Crippen LogP contribution in [0.5, 0.6) is 5.75 Å². The molecule has 0 saturated carbocycles. The first kappa shape index (κ1) is 27.4. The van der Waals surface area contributed by atoms with Crippen molar-refractivity contribution < 1.29 is 23.9 Å². The minimum atomic E-state index is -0.897. The second-order valence-corrected chi connectivity index (χ2v) is 10.7. The summed E-state index contributed by atoms with van der Waals surface area (Å²) in [5.41, 5.74) is 6.21. The van der Waals surface area contributed by atoms with E-state index in [0.717, 1.165) is 39.5 Å². The Morgan fingerprint density at radius 3 is 2.43 bits per heavy atom. The summed E-state index contributed by atoms with van der Waals surface area (Å²) in [6.45, 7) is 8.68. The summed E-state index contributed by atoms with van der Waals surface area (Å²) >= 11 is 0. The maximum absolute atomic E-state index is 13.5. The van der Waals surface area contributed by atoms with Gasteiger partial charge in [0, 0.05) is 34.1 Å². The first-order valence-corrected chi connectivity index (χ1v) is 14.2. The van der Waals surface area contributed by atoms with Crippen molar-refractivity contribution in [2.45, 2.75) is 46.4 Å². The van der Waals surface area contributed by atoms with Gasteiger partial charge in [-0.15, -0.1) is 0 Å². The maximum atomic E-state index is 13.5. The minimum absolute atomic E-state index is 0.0216. The Balaban J connectivity index is 1.38. The second kappa shape index (κ2) is 11.3. The predicted molar refractivity (Wildman–Crippen MR) is 163 cm³/mol. The monoisotopic (exact) mass is 560 g/mol. The van der Waals surface area contributed by atoms with Crippen LogP contribution in [-0.4, -0.2) is 34.7 Å². The lowest BCUT2D eigenvalue weighted by molar-refractivity contribution is -0.160.